The van der Waals surface area contributed by atoms with Gasteiger partial charge >= 0.3 is 0 Å². The van der Waals surface area contributed by atoms with Crippen LogP contribution in [-0.2, 0) is 4.79 Å². The van der Waals surface area contributed by atoms with E-state index in [1.54, 1.807) is 0 Å². The molecular weight excluding hydrogens is 160 g/mol. The lowest BCUT2D eigenvalue weighted by molar-refractivity contribution is -0.120. The Morgan fingerprint density at radius 1 is 1.15 bits per heavy atom. The summed E-state index contributed by atoms with van der Waals surface area (Å²) in [6, 6.07) is 0. The molecule has 3 fully saturated rings. The number of hydrogen-bond acceptors (Lipinski definition) is 1. The molecule has 3 aliphatic carbocycles. The maximum absolute atomic E-state index is 10.9. The van der Waals surface area contributed by atoms with Gasteiger partial charge in [0.25, 0.3) is 0 Å². The van der Waals surface area contributed by atoms with Crippen LogP contribution >= 0.6 is 0 Å². The van der Waals surface area contributed by atoms with Crippen LogP contribution in [0.4, 0.5) is 0 Å². The summed E-state index contributed by atoms with van der Waals surface area (Å²) >= 11 is 0. The Morgan fingerprint density at radius 2 is 1.85 bits per heavy atom. The molecule has 1 heteroatoms. The van der Waals surface area contributed by atoms with Gasteiger partial charge in [-0.05, 0) is 55.8 Å². The number of carbonyl (C=O) groups is 1. The highest BCUT2D eigenvalue weighted by molar-refractivity contribution is 5.55. The van der Waals surface area contributed by atoms with E-state index in [0.717, 1.165) is 17.3 Å². The van der Waals surface area contributed by atoms with Crippen LogP contribution in [0.15, 0.2) is 0 Å². The third-order valence-corrected chi connectivity index (χ3v) is 4.67. The Kier molecular flexibility index (Phi) is 1.59. The number of aldehydes is 1. The van der Waals surface area contributed by atoms with Crippen molar-refractivity contribution in [2.45, 2.75) is 44.9 Å². The molecule has 0 heterocycles. The SMILES string of the molecule is O=C[C@@H](C1CC1)C1CC2(CCC2)C1. The smallest absolute Gasteiger partial charge is 0.123 e. The molecule has 1 nitrogen and oxygen atoms in total. The molecule has 0 N–H and O–H groups in total. The van der Waals surface area contributed by atoms with E-state index in [1.807, 2.05) is 0 Å². The fourth-order valence-corrected chi connectivity index (χ4v) is 3.50. The average molecular weight is 178 g/mol. The van der Waals surface area contributed by atoms with Gasteiger partial charge in [0.05, 0.1) is 0 Å². The van der Waals surface area contributed by atoms with E-state index in [1.165, 1.54) is 51.2 Å². The third-order valence-electron chi connectivity index (χ3n) is 4.67. The third kappa shape index (κ3) is 1.16. The summed E-state index contributed by atoms with van der Waals surface area (Å²) in [6.07, 6.45) is 11.0. The Bertz CT molecular complexity index is 217. The molecule has 3 aliphatic rings. The predicted molar refractivity (Wildman–Crippen MR) is 51.3 cm³/mol. The number of carbonyl (C=O) groups excluding carboxylic acids is 1. The molecule has 3 saturated carbocycles. The average Bonchev–Trinajstić information content (AvgIpc) is 2.73. The van der Waals surface area contributed by atoms with E-state index >= 15 is 0 Å². The topological polar surface area (TPSA) is 17.1 Å². The van der Waals surface area contributed by atoms with E-state index < -0.39 is 0 Å². The van der Waals surface area contributed by atoms with Crippen LogP contribution < -0.4 is 0 Å². The molecule has 0 amide bonds. The molecule has 13 heavy (non-hydrogen) atoms. The van der Waals surface area contributed by atoms with Gasteiger partial charge < -0.3 is 4.79 Å². The summed E-state index contributed by atoms with van der Waals surface area (Å²) in [4.78, 5) is 10.9. The van der Waals surface area contributed by atoms with Gasteiger partial charge in [0.15, 0.2) is 0 Å². The molecular formula is C12H18O. The van der Waals surface area contributed by atoms with Gasteiger partial charge in [-0.1, -0.05) is 6.42 Å². The van der Waals surface area contributed by atoms with E-state index in [0.29, 0.717) is 5.92 Å². The lowest BCUT2D eigenvalue weighted by Crippen LogP contribution is -2.46. The molecule has 0 bridgehead atoms. The molecule has 1 atom stereocenters. The standard InChI is InChI=1S/C12H18O/c13-8-11(9-2-3-9)10-6-12(7-10)4-1-5-12/h8-11H,1-7H2/t11-/m0/s1. The lowest BCUT2D eigenvalue weighted by atomic mass is 9.49. The van der Waals surface area contributed by atoms with Gasteiger partial charge in [-0.2, -0.15) is 0 Å². The highest BCUT2D eigenvalue weighted by atomic mass is 16.1. The Balaban J connectivity index is 1.58. The molecule has 0 saturated heterocycles. The Morgan fingerprint density at radius 3 is 2.23 bits per heavy atom. The second kappa shape index (κ2) is 2.59. The first kappa shape index (κ1) is 8.02. The van der Waals surface area contributed by atoms with Crippen LogP contribution in [0.2, 0.25) is 0 Å². The predicted octanol–water partition coefficient (Wildman–Crippen LogP) is 2.79. The van der Waals surface area contributed by atoms with Gasteiger partial charge in [-0.3, -0.25) is 0 Å². The van der Waals surface area contributed by atoms with Crippen molar-refractivity contribution >= 4 is 6.29 Å². The highest BCUT2D eigenvalue weighted by Crippen LogP contribution is 2.62. The molecule has 0 aliphatic heterocycles. The maximum atomic E-state index is 10.9. The van der Waals surface area contributed by atoms with Crippen LogP contribution in [0.3, 0.4) is 0 Å². The summed E-state index contributed by atoms with van der Waals surface area (Å²) in [6.45, 7) is 0. The molecule has 0 aromatic carbocycles. The molecule has 0 aromatic heterocycles. The first-order chi connectivity index (χ1) is 6.33. The minimum atomic E-state index is 0.450. The zero-order chi connectivity index (χ0) is 8.89. The first-order valence-electron chi connectivity index (χ1n) is 5.78. The Labute approximate surface area is 79.9 Å². The maximum Gasteiger partial charge on any atom is 0.123 e. The highest BCUT2D eigenvalue weighted by Gasteiger charge is 2.52. The summed E-state index contributed by atoms with van der Waals surface area (Å²) < 4.78 is 0. The quantitative estimate of drug-likeness (QED) is 0.607. The number of rotatable bonds is 3. The second-order valence-corrected chi connectivity index (χ2v) is 5.57. The van der Waals surface area contributed by atoms with Crippen LogP contribution in [0.25, 0.3) is 0 Å². The van der Waals surface area contributed by atoms with Crippen molar-refractivity contribution in [1.82, 2.24) is 0 Å². The van der Waals surface area contributed by atoms with Crippen LogP contribution in [0, 0.1) is 23.2 Å². The van der Waals surface area contributed by atoms with Gasteiger partial charge in [0.2, 0.25) is 0 Å². The first-order valence-corrected chi connectivity index (χ1v) is 5.78. The van der Waals surface area contributed by atoms with E-state index in [2.05, 4.69) is 0 Å². The van der Waals surface area contributed by atoms with Gasteiger partial charge in [-0.15, -0.1) is 0 Å². The van der Waals surface area contributed by atoms with Gasteiger partial charge in [-0.25, -0.2) is 0 Å². The van der Waals surface area contributed by atoms with E-state index in [9.17, 15) is 4.79 Å². The Hall–Kier alpha value is -0.330. The van der Waals surface area contributed by atoms with Crippen molar-refractivity contribution in [3.05, 3.63) is 0 Å². The molecule has 1 spiro atoms. The molecule has 0 aromatic rings. The van der Waals surface area contributed by atoms with E-state index in [-0.39, 0.29) is 0 Å². The molecule has 0 unspecified atom stereocenters. The van der Waals surface area contributed by atoms with E-state index in [4.69, 9.17) is 0 Å². The summed E-state index contributed by atoms with van der Waals surface area (Å²) in [5.41, 5.74) is 0.751. The summed E-state index contributed by atoms with van der Waals surface area (Å²) in [5, 5.41) is 0. The van der Waals surface area contributed by atoms with Crippen molar-refractivity contribution in [3.8, 4) is 0 Å². The zero-order valence-corrected chi connectivity index (χ0v) is 8.17. The van der Waals surface area contributed by atoms with Crippen molar-refractivity contribution in [1.29, 1.82) is 0 Å². The van der Waals surface area contributed by atoms with Crippen LogP contribution in [-0.4, -0.2) is 6.29 Å². The van der Waals surface area contributed by atoms with Crippen molar-refractivity contribution in [2.75, 3.05) is 0 Å². The van der Waals surface area contributed by atoms with Crippen LogP contribution in [0.1, 0.15) is 44.9 Å². The molecule has 3 rings (SSSR count). The van der Waals surface area contributed by atoms with Crippen molar-refractivity contribution in [3.63, 3.8) is 0 Å². The second-order valence-electron chi connectivity index (χ2n) is 5.57. The lowest BCUT2D eigenvalue weighted by Gasteiger charge is -2.56. The normalized spacial score (nSPS) is 33.5. The molecule has 72 valence electrons. The fourth-order valence-electron chi connectivity index (χ4n) is 3.50. The zero-order valence-electron chi connectivity index (χ0n) is 8.17. The minimum absolute atomic E-state index is 0.450. The van der Waals surface area contributed by atoms with Crippen LogP contribution in [0.5, 0.6) is 0 Å². The summed E-state index contributed by atoms with van der Waals surface area (Å²) in [7, 11) is 0. The van der Waals surface area contributed by atoms with Crippen molar-refractivity contribution in [2.24, 2.45) is 23.2 Å². The van der Waals surface area contributed by atoms with Gasteiger partial charge in [0, 0.05) is 5.92 Å². The van der Waals surface area contributed by atoms with Gasteiger partial charge in [0.1, 0.15) is 6.29 Å². The monoisotopic (exact) mass is 178 g/mol. The molecule has 0 radical (unpaired) electrons. The largest absolute Gasteiger partial charge is 0.303 e. The number of hydrogen-bond donors (Lipinski definition) is 0. The minimum Gasteiger partial charge on any atom is -0.303 e. The summed E-state index contributed by atoms with van der Waals surface area (Å²) in [5.74, 6) is 2.02. The fraction of sp³-hybridized carbons (Fsp3) is 0.917. The van der Waals surface area contributed by atoms with Crippen molar-refractivity contribution < 1.29 is 4.79 Å².